The van der Waals surface area contributed by atoms with Gasteiger partial charge in [0.15, 0.2) is 5.69 Å². The minimum atomic E-state index is 0.00754. The molecule has 0 amide bonds. The van der Waals surface area contributed by atoms with Crippen molar-refractivity contribution in [3.8, 4) is 6.07 Å². The first-order valence-corrected chi connectivity index (χ1v) is 6.33. The largest absolute Gasteiger partial charge is 0.260 e. The zero-order valence-corrected chi connectivity index (χ0v) is 11.0. The van der Waals surface area contributed by atoms with Gasteiger partial charge in [-0.25, -0.2) is 4.98 Å². The highest BCUT2D eigenvalue weighted by molar-refractivity contribution is 5.20. The molecule has 0 fully saturated rings. The van der Waals surface area contributed by atoms with Gasteiger partial charge < -0.3 is 0 Å². The van der Waals surface area contributed by atoms with Gasteiger partial charge >= 0.3 is 0 Å². The number of nitriles is 1. The van der Waals surface area contributed by atoms with E-state index in [-0.39, 0.29) is 5.41 Å². The molecule has 92 valence electrons. The van der Waals surface area contributed by atoms with Crippen LogP contribution in [-0.2, 0) is 5.41 Å². The topological polar surface area (TPSA) is 49.6 Å². The van der Waals surface area contributed by atoms with Crippen LogP contribution in [0, 0.1) is 11.3 Å². The minimum Gasteiger partial charge on any atom is -0.260 e. The number of hydrogen-bond acceptors (Lipinski definition) is 3. The van der Waals surface area contributed by atoms with Crippen LogP contribution in [0.4, 0.5) is 0 Å². The Labute approximate surface area is 104 Å². The minimum absolute atomic E-state index is 0.00754. The van der Waals surface area contributed by atoms with Crippen LogP contribution in [0.5, 0.6) is 0 Å². The van der Waals surface area contributed by atoms with E-state index >= 15 is 0 Å². The zero-order valence-electron chi connectivity index (χ0n) is 11.0. The highest BCUT2D eigenvalue weighted by Gasteiger charge is 2.22. The van der Waals surface area contributed by atoms with Crippen LogP contribution in [0.1, 0.15) is 64.3 Å². The van der Waals surface area contributed by atoms with Crippen molar-refractivity contribution in [2.24, 2.45) is 0 Å². The van der Waals surface area contributed by atoms with E-state index in [1.807, 2.05) is 6.07 Å². The lowest BCUT2D eigenvalue weighted by molar-refractivity contribution is 0.433. The summed E-state index contributed by atoms with van der Waals surface area (Å²) in [6, 6.07) is 2.04. The number of rotatable bonds is 6. The molecule has 0 aliphatic rings. The Morgan fingerprint density at radius 3 is 2.65 bits per heavy atom. The second-order valence-corrected chi connectivity index (χ2v) is 5.10. The Balaban J connectivity index is 2.65. The summed E-state index contributed by atoms with van der Waals surface area (Å²) in [6.07, 6.45) is 9.41. The molecule has 1 rings (SSSR count). The van der Waals surface area contributed by atoms with Crippen molar-refractivity contribution >= 4 is 0 Å². The Morgan fingerprint density at radius 1 is 1.24 bits per heavy atom. The standard InChI is InChI=1S/C14H21N3/c1-4-5-6-7-8-14(2,3)13-11-16-10-12(9-15)17-13/h10-11H,4-8H2,1-3H3. The fraction of sp³-hybridized carbons (Fsp3) is 0.643. The average Bonchev–Trinajstić information content (AvgIpc) is 2.35. The molecule has 0 bridgehead atoms. The predicted molar refractivity (Wildman–Crippen MR) is 68.5 cm³/mol. The molecule has 0 aromatic carbocycles. The molecular weight excluding hydrogens is 210 g/mol. The fourth-order valence-corrected chi connectivity index (χ4v) is 1.87. The molecule has 0 unspecified atom stereocenters. The smallest absolute Gasteiger partial charge is 0.159 e. The van der Waals surface area contributed by atoms with E-state index in [0.717, 1.165) is 12.1 Å². The molecule has 17 heavy (non-hydrogen) atoms. The molecule has 3 nitrogen and oxygen atoms in total. The lowest BCUT2D eigenvalue weighted by Crippen LogP contribution is -2.19. The van der Waals surface area contributed by atoms with Gasteiger partial charge in [-0.05, 0) is 6.42 Å². The first-order chi connectivity index (χ1) is 8.10. The summed E-state index contributed by atoms with van der Waals surface area (Å²) in [5.41, 5.74) is 1.34. The van der Waals surface area contributed by atoms with Crippen molar-refractivity contribution in [3.05, 3.63) is 23.8 Å². The van der Waals surface area contributed by atoms with Crippen molar-refractivity contribution in [1.29, 1.82) is 5.26 Å². The van der Waals surface area contributed by atoms with Gasteiger partial charge in [0.1, 0.15) is 6.07 Å². The van der Waals surface area contributed by atoms with Crippen molar-refractivity contribution in [1.82, 2.24) is 9.97 Å². The summed E-state index contributed by atoms with van der Waals surface area (Å²) in [5.74, 6) is 0. The van der Waals surface area contributed by atoms with E-state index in [4.69, 9.17) is 5.26 Å². The molecule has 0 radical (unpaired) electrons. The van der Waals surface area contributed by atoms with E-state index in [1.165, 1.54) is 31.9 Å². The van der Waals surface area contributed by atoms with Crippen LogP contribution in [0.3, 0.4) is 0 Å². The normalized spacial score (nSPS) is 11.2. The first kappa shape index (κ1) is 13.6. The third-order valence-electron chi connectivity index (χ3n) is 3.10. The van der Waals surface area contributed by atoms with Crippen molar-refractivity contribution in [3.63, 3.8) is 0 Å². The monoisotopic (exact) mass is 231 g/mol. The third-order valence-corrected chi connectivity index (χ3v) is 3.10. The van der Waals surface area contributed by atoms with Crippen molar-refractivity contribution in [2.45, 2.75) is 58.3 Å². The molecule has 0 spiro atoms. The molecule has 1 heterocycles. The van der Waals surface area contributed by atoms with Crippen LogP contribution in [0.2, 0.25) is 0 Å². The summed E-state index contributed by atoms with van der Waals surface area (Å²) in [7, 11) is 0. The summed E-state index contributed by atoms with van der Waals surface area (Å²) < 4.78 is 0. The lowest BCUT2D eigenvalue weighted by Gasteiger charge is -2.23. The number of nitrogens with zero attached hydrogens (tertiary/aromatic N) is 3. The van der Waals surface area contributed by atoms with Crippen LogP contribution in [-0.4, -0.2) is 9.97 Å². The molecule has 3 heteroatoms. The number of aromatic nitrogens is 2. The van der Waals surface area contributed by atoms with Gasteiger partial charge in [-0.2, -0.15) is 5.26 Å². The average molecular weight is 231 g/mol. The van der Waals surface area contributed by atoms with Crippen LogP contribution in [0.25, 0.3) is 0 Å². The molecular formula is C14H21N3. The zero-order chi connectivity index (χ0) is 12.7. The molecule has 0 saturated heterocycles. The van der Waals surface area contributed by atoms with Crippen molar-refractivity contribution < 1.29 is 0 Å². The van der Waals surface area contributed by atoms with E-state index in [9.17, 15) is 0 Å². The van der Waals surface area contributed by atoms with Gasteiger partial charge in [-0.3, -0.25) is 4.98 Å². The number of unbranched alkanes of at least 4 members (excludes halogenated alkanes) is 3. The Kier molecular flexibility index (Phi) is 5.09. The molecule has 0 atom stereocenters. The number of hydrogen-bond donors (Lipinski definition) is 0. The van der Waals surface area contributed by atoms with Gasteiger partial charge in [0.05, 0.1) is 11.9 Å². The molecule has 0 N–H and O–H groups in total. The van der Waals surface area contributed by atoms with E-state index in [1.54, 1.807) is 6.20 Å². The Hall–Kier alpha value is -1.43. The Morgan fingerprint density at radius 2 is 2.00 bits per heavy atom. The van der Waals surface area contributed by atoms with Gasteiger partial charge in [-0.1, -0.05) is 46.5 Å². The fourth-order valence-electron chi connectivity index (χ4n) is 1.87. The van der Waals surface area contributed by atoms with E-state index in [0.29, 0.717) is 5.69 Å². The van der Waals surface area contributed by atoms with Gasteiger partial charge in [0.2, 0.25) is 0 Å². The maximum absolute atomic E-state index is 8.82. The van der Waals surface area contributed by atoms with E-state index < -0.39 is 0 Å². The van der Waals surface area contributed by atoms with Crippen molar-refractivity contribution in [2.75, 3.05) is 0 Å². The van der Waals surface area contributed by atoms with Gasteiger partial charge in [0, 0.05) is 11.6 Å². The van der Waals surface area contributed by atoms with Crippen LogP contribution >= 0.6 is 0 Å². The summed E-state index contributed by atoms with van der Waals surface area (Å²) in [6.45, 7) is 6.56. The summed E-state index contributed by atoms with van der Waals surface area (Å²) in [4.78, 5) is 8.42. The quantitative estimate of drug-likeness (QED) is 0.703. The molecule has 0 aliphatic heterocycles. The highest BCUT2D eigenvalue weighted by Crippen LogP contribution is 2.27. The van der Waals surface area contributed by atoms with Crippen LogP contribution in [0.15, 0.2) is 12.4 Å². The lowest BCUT2D eigenvalue weighted by atomic mass is 9.83. The third kappa shape index (κ3) is 4.14. The first-order valence-electron chi connectivity index (χ1n) is 6.33. The summed E-state index contributed by atoms with van der Waals surface area (Å²) in [5, 5.41) is 8.82. The molecule has 0 saturated carbocycles. The highest BCUT2D eigenvalue weighted by atomic mass is 14.8. The maximum Gasteiger partial charge on any atom is 0.159 e. The second kappa shape index (κ2) is 6.34. The molecule has 0 aliphatic carbocycles. The van der Waals surface area contributed by atoms with Gasteiger partial charge in [-0.15, -0.1) is 0 Å². The van der Waals surface area contributed by atoms with Gasteiger partial charge in [0.25, 0.3) is 0 Å². The second-order valence-electron chi connectivity index (χ2n) is 5.10. The van der Waals surface area contributed by atoms with E-state index in [2.05, 4.69) is 30.7 Å². The predicted octanol–water partition coefficient (Wildman–Crippen LogP) is 3.60. The maximum atomic E-state index is 8.82. The molecule has 1 aromatic rings. The summed E-state index contributed by atoms with van der Waals surface area (Å²) >= 11 is 0. The van der Waals surface area contributed by atoms with Crippen LogP contribution < -0.4 is 0 Å². The molecule has 1 aromatic heterocycles. The Bertz CT molecular complexity index is 391. The SMILES string of the molecule is CCCCCCC(C)(C)c1cncc(C#N)n1.